The highest BCUT2D eigenvalue weighted by Gasteiger charge is 2.24. The lowest BCUT2D eigenvalue weighted by Gasteiger charge is -2.29. The first kappa shape index (κ1) is 15.6. The van der Waals surface area contributed by atoms with Gasteiger partial charge in [-0.1, -0.05) is 5.16 Å². The van der Waals surface area contributed by atoms with Gasteiger partial charge < -0.3 is 14.5 Å². The van der Waals surface area contributed by atoms with Crippen LogP contribution in [-0.4, -0.2) is 42.5 Å². The molecule has 0 aliphatic carbocycles. The van der Waals surface area contributed by atoms with Crippen LogP contribution in [0.15, 0.2) is 10.6 Å². The van der Waals surface area contributed by atoms with Crippen LogP contribution < -0.4 is 4.90 Å². The average Bonchev–Trinajstić information content (AvgIpc) is 3.15. The molecule has 0 saturated carbocycles. The van der Waals surface area contributed by atoms with E-state index in [1.165, 1.54) is 0 Å². The second kappa shape index (κ2) is 5.83. The van der Waals surface area contributed by atoms with E-state index in [0.29, 0.717) is 24.5 Å². The van der Waals surface area contributed by atoms with Gasteiger partial charge in [0.15, 0.2) is 0 Å². The van der Waals surface area contributed by atoms with Gasteiger partial charge in [-0.15, -0.1) is 0 Å². The molecule has 25 heavy (non-hydrogen) atoms. The lowest BCUT2D eigenvalue weighted by Crippen LogP contribution is -2.34. The van der Waals surface area contributed by atoms with Gasteiger partial charge in [-0.25, -0.2) is 4.98 Å². The van der Waals surface area contributed by atoms with Gasteiger partial charge in [-0.2, -0.15) is 10.1 Å². The van der Waals surface area contributed by atoms with Crippen LogP contribution >= 0.6 is 0 Å². The summed E-state index contributed by atoms with van der Waals surface area (Å²) < 4.78 is 7.23. The predicted molar refractivity (Wildman–Crippen MR) is 88.3 cm³/mol. The number of aromatic nitrogens is 5. The van der Waals surface area contributed by atoms with E-state index >= 15 is 0 Å². The van der Waals surface area contributed by atoms with Crippen molar-refractivity contribution in [3.63, 3.8) is 0 Å². The summed E-state index contributed by atoms with van der Waals surface area (Å²) in [5.74, 6) is 0.648. The third kappa shape index (κ3) is 2.81. The minimum atomic E-state index is -0.811. The molecule has 0 amide bonds. The Labute approximate surface area is 143 Å². The minimum absolute atomic E-state index is 0.0891. The third-order valence-electron chi connectivity index (χ3n) is 4.34. The minimum Gasteiger partial charge on any atom is -0.481 e. The van der Waals surface area contributed by atoms with E-state index in [4.69, 9.17) is 9.63 Å². The van der Waals surface area contributed by atoms with Crippen molar-refractivity contribution < 1.29 is 14.4 Å². The SMILES string of the molecule is Cc1nc(N2CCn3nc(CCC(=O)O)cc3C2)c2c(C)noc2n1. The Morgan fingerprint density at radius 2 is 2.16 bits per heavy atom. The molecule has 1 aliphatic rings. The molecule has 3 aromatic rings. The van der Waals surface area contributed by atoms with E-state index in [1.54, 1.807) is 0 Å². The van der Waals surface area contributed by atoms with E-state index in [2.05, 4.69) is 25.1 Å². The normalized spacial score (nSPS) is 14.1. The standard InChI is InChI=1S/C16H18N6O3/c1-9-14-15(17-10(2)18-16(14)25-20-9)21-5-6-22-12(8-21)7-11(19-22)3-4-13(23)24/h7H,3-6,8H2,1-2H3,(H,23,24). The number of carboxylic acid groups (broad SMARTS) is 1. The van der Waals surface area contributed by atoms with E-state index in [1.807, 2.05) is 24.6 Å². The summed E-state index contributed by atoms with van der Waals surface area (Å²) in [5.41, 5.74) is 3.13. The molecule has 0 fully saturated rings. The Hall–Kier alpha value is -2.97. The quantitative estimate of drug-likeness (QED) is 0.759. The zero-order valence-electron chi connectivity index (χ0n) is 14.1. The fraction of sp³-hybridized carbons (Fsp3) is 0.438. The van der Waals surface area contributed by atoms with E-state index in [0.717, 1.165) is 41.4 Å². The summed E-state index contributed by atoms with van der Waals surface area (Å²) in [7, 11) is 0. The number of nitrogens with zero attached hydrogens (tertiary/aromatic N) is 6. The van der Waals surface area contributed by atoms with Crippen molar-refractivity contribution in [2.45, 2.75) is 39.8 Å². The van der Waals surface area contributed by atoms with E-state index in [-0.39, 0.29) is 6.42 Å². The zero-order chi connectivity index (χ0) is 17.6. The molecule has 0 aromatic carbocycles. The van der Waals surface area contributed by atoms with E-state index in [9.17, 15) is 4.79 Å². The highest BCUT2D eigenvalue weighted by molar-refractivity contribution is 5.88. The highest BCUT2D eigenvalue weighted by Crippen LogP contribution is 2.29. The number of anilines is 1. The van der Waals surface area contributed by atoms with Crippen molar-refractivity contribution >= 4 is 22.9 Å². The van der Waals surface area contributed by atoms with Crippen molar-refractivity contribution in [1.82, 2.24) is 24.9 Å². The van der Waals surface area contributed by atoms with Crippen molar-refractivity contribution in [3.05, 3.63) is 29.0 Å². The van der Waals surface area contributed by atoms with Crippen LogP contribution in [0.25, 0.3) is 11.1 Å². The lowest BCUT2D eigenvalue weighted by molar-refractivity contribution is -0.136. The molecule has 130 valence electrons. The summed E-state index contributed by atoms with van der Waals surface area (Å²) in [6, 6.07) is 1.97. The zero-order valence-corrected chi connectivity index (χ0v) is 14.1. The van der Waals surface area contributed by atoms with Gasteiger partial charge in [0.2, 0.25) is 0 Å². The van der Waals surface area contributed by atoms with Crippen molar-refractivity contribution in [2.24, 2.45) is 0 Å². The third-order valence-corrected chi connectivity index (χ3v) is 4.34. The fourth-order valence-electron chi connectivity index (χ4n) is 3.17. The van der Waals surface area contributed by atoms with Crippen LogP contribution in [0.4, 0.5) is 5.82 Å². The van der Waals surface area contributed by atoms with Crippen LogP contribution in [0.3, 0.4) is 0 Å². The smallest absolute Gasteiger partial charge is 0.303 e. The highest BCUT2D eigenvalue weighted by atomic mass is 16.5. The maximum Gasteiger partial charge on any atom is 0.303 e. The molecule has 0 saturated heterocycles. The first-order chi connectivity index (χ1) is 12.0. The summed E-state index contributed by atoms with van der Waals surface area (Å²) in [4.78, 5) is 21.8. The Morgan fingerprint density at radius 1 is 1.32 bits per heavy atom. The van der Waals surface area contributed by atoms with Gasteiger partial charge in [0.25, 0.3) is 5.71 Å². The summed E-state index contributed by atoms with van der Waals surface area (Å²) in [6.45, 7) is 5.84. The number of aryl methyl sites for hydroxylation is 3. The van der Waals surface area contributed by atoms with Crippen molar-refractivity contribution in [2.75, 3.05) is 11.4 Å². The monoisotopic (exact) mass is 342 g/mol. The lowest BCUT2D eigenvalue weighted by atomic mass is 10.2. The number of aliphatic carboxylic acids is 1. The number of fused-ring (bicyclic) bond motifs is 2. The summed E-state index contributed by atoms with van der Waals surface area (Å²) >= 11 is 0. The molecule has 0 atom stereocenters. The summed E-state index contributed by atoms with van der Waals surface area (Å²) in [5, 5.41) is 18.2. The molecule has 0 radical (unpaired) electrons. The van der Waals surface area contributed by atoms with Gasteiger partial charge >= 0.3 is 5.97 Å². The Bertz CT molecular complexity index is 960. The number of hydrogen-bond acceptors (Lipinski definition) is 7. The molecule has 9 heteroatoms. The molecule has 3 aromatic heterocycles. The first-order valence-electron chi connectivity index (χ1n) is 8.14. The molecule has 1 N–H and O–H groups in total. The Kier molecular flexibility index (Phi) is 3.63. The van der Waals surface area contributed by atoms with E-state index < -0.39 is 5.97 Å². The molecule has 4 rings (SSSR count). The molecule has 9 nitrogen and oxygen atoms in total. The molecule has 0 spiro atoms. The van der Waals surface area contributed by atoms with Gasteiger partial charge in [0, 0.05) is 13.0 Å². The number of rotatable bonds is 4. The predicted octanol–water partition coefficient (Wildman–Crippen LogP) is 1.47. The van der Waals surface area contributed by atoms with Crippen molar-refractivity contribution in [1.29, 1.82) is 0 Å². The van der Waals surface area contributed by atoms with Crippen LogP contribution in [0, 0.1) is 13.8 Å². The Balaban J connectivity index is 1.64. The van der Waals surface area contributed by atoms with Crippen LogP contribution in [0.2, 0.25) is 0 Å². The summed E-state index contributed by atoms with van der Waals surface area (Å²) in [6.07, 6.45) is 0.530. The Morgan fingerprint density at radius 3 is 2.96 bits per heavy atom. The van der Waals surface area contributed by atoms with Gasteiger partial charge in [-0.3, -0.25) is 9.48 Å². The van der Waals surface area contributed by atoms with Crippen LogP contribution in [0.1, 0.15) is 29.3 Å². The van der Waals surface area contributed by atoms with Crippen LogP contribution in [0.5, 0.6) is 0 Å². The topological polar surface area (TPSA) is 110 Å². The second-order valence-corrected chi connectivity index (χ2v) is 6.21. The van der Waals surface area contributed by atoms with Crippen molar-refractivity contribution in [3.8, 4) is 0 Å². The molecule has 1 aliphatic heterocycles. The molecule has 0 unspecified atom stereocenters. The molecule has 0 bridgehead atoms. The number of carbonyl (C=O) groups is 1. The molecular weight excluding hydrogens is 324 g/mol. The van der Waals surface area contributed by atoms with Crippen LogP contribution in [-0.2, 0) is 24.3 Å². The first-order valence-corrected chi connectivity index (χ1v) is 8.14. The average molecular weight is 342 g/mol. The van der Waals surface area contributed by atoms with Gasteiger partial charge in [0.05, 0.1) is 36.6 Å². The number of hydrogen-bond donors (Lipinski definition) is 1. The van der Waals surface area contributed by atoms with Gasteiger partial charge in [0.1, 0.15) is 17.0 Å². The molecular formula is C16H18N6O3. The second-order valence-electron chi connectivity index (χ2n) is 6.21. The maximum absolute atomic E-state index is 10.7. The molecule has 4 heterocycles. The largest absolute Gasteiger partial charge is 0.481 e. The maximum atomic E-state index is 10.7. The van der Waals surface area contributed by atoms with Gasteiger partial charge in [-0.05, 0) is 19.9 Å². The fourth-order valence-corrected chi connectivity index (χ4v) is 3.17. The number of carboxylic acids is 1.